The molecule has 0 N–H and O–H groups in total. The highest BCUT2D eigenvalue weighted by atomic mass is 35.5. The second kappa shape index (κ2) is 7.84. The van der Waals surface area contributed by atoms with E-state index in [1.807, 2.05) is 44.3 Å². The summed E-state index contributed by atoms with van der Waals surface area (Å²) >= 11 is 6.54. The molecule has 6 heteroatoms. The molecule has 1 aliphatic heterocycles. The fourth-order valence-electron chi connectivity index (χ4n) is 3.93. The molecule has 0 aliphatic carbocycles. The Balaban J connectivity index is 1.67. The number of imidazole rings is 1. The number of fused-ring (bicyclic) bond motifs is 1. The van der Waals surface area contributed by atoms with Gasteiger partial charge in [0.15, 0.2) is 0 Å². The van der Waals surface area contributed by atoms with E-state index >= 15 is 0 Å². The van der Waals surface area contributed by atoms with Crippen molar-refractivity contribution in [2.75, 3.05) is 24.6 Å². The Morgan fingerprint density at radius 1 is 1.29 bits per heavy atom. The molecule has 0 spiro atoms. The van der Waals surface area contributed by atoms with Gasteiger partial charge in [0.2, 0.25) is 0 Å². The lowest BCUT2D eigenvalue weighted by molar-refractivity contribution is -0.148. The maximum Gasteiger partial charge on any atom is 0.310 e. The topological polar surface area (TPSA) is 47.4 Å². The zero-order valence-corrected chi connectivity index (χ0v) is 16.9. The Hall–Kier alpha value is -2.53. The van der Waals surface area contributed by atoms with Crippen LogP contribution in [0.1, 0.15) is 19.8 Å². The van der Waals surface area contributed by atoms with Crippen molar-refractivity contribution in [3.8, 4) is 11.4 Å². The molecule has 4 rings (SSSR count). The van der Waals surface area contributed by atoms with E-state index in [4.69, 9.17) is 21.3 Å². The van der Waals surface area contributed by atoms with Crippen molar-refractivity contribution >= 4 is 34.3 Å². The van der Waals surface area contributed by atoms with Crippen LogP contribution in [0.4, 0.5) is 5.69 Å². The smallest absolute Gasteiger partial charge is 0.310 e. The molecule has 2 aromatic carbocycles. The van der Waals surface area contributed by atoms with E-state index in [-0.39, 0.29) is 11.9 Å². The first-order valence-electron chi connectivity index (χ1n) is 9.71. The predicted octanol–water partition coefficient (Wildman–Crippen LogP) is 4.67. The first-order chi connectivity index (χ1) is 13.6. The lowest BCUT2D eigenvalue weighted by Crippen LogP contribution is -2.39. The van der Waals surface area contributed by atoms with Crippen LogP contribution in [-0.2, 0) is 16.6 Å². The minimum absolute atomic E-state index is 0.0800. The van der Waals surface area contributed by atoms with Gasteiger partial charge in [-0.15, -0.1) is 0 Å². The maximum absolute atomic E-state index is 12.2. The summed E-state index contributed by atoms with van der Waals surface area (Å²) in [7, 11) is 2.01. The Morgan fingerprint density at radius 2 is 2.11 bits per heavy atom. The van der Waals surface area contributed by atoms with Gasteiger partial charge in [-0.05, 0) is 50.1 Å². The first-order valence-corrected chi connectivity index (χ1v) is 10.1. The van der Waals surface area contributed by atoms with Crippen LogP contribution in [-0.4, -0.2) is 35.2 Å². The zero-order chi connectivity index (χ0) is 19.7. The van der Waals surface area contributed by atoms with Crippen LogP contribution in [0, 0.1) is 5.92 Å². The molecule has 1 aromatic heterocycles. The third-order valence-corrected chi connectivity index (χ3v) is 5.71. The van der Waals surface area contributed by atoms with E-state index in [1.54, 1.807) is 0 Å². The molecule has 0 bridgehead atoms. The Kier molecular flexibility index (Phi) is 5.27. The molecule has 1 saturated heterocycles. The Morgan fingerprint density at radius 3 is 2.89 bits per heavy atom. The van der Waals surface area contributed by atoms with Crippen LogP contribution in [0.15, 0.2) is 42.5 Å². The van der Waals surface area contributed by atoms with Crippen LogP contribution in [0.2, 0.25) is 5.02 Å². The molecule has 5 nitrogen and oxygen atoms in total. The average molecular weight is 398 g/mol. The number of aromatic nitrogens is 2. The second-order valence-corrected chi connectivity index (χ2v) is 7.59. The number of carbonyl (C=O) groups is 1. The van der Waals surface area contributed by atoms with Gasteiger partial charge in [-0.25, -0.2) is 4.98 Å². The van der Waals surface area contributed by atoms with Gasteiger partial charge in [-0.3, -0.25) is 4.79 Å². The van der Waals surface area contributed by atoms with Gasteiger partial charge in [-0.2, -0.15) is 0 Å². The zero-order valence-electron chi connectivity index (χ0n) is 16.2. The molecule has 0 radical (unpaired) electrons. The molecule has 1 atom stereocenters. The lowest BCUT2D eigenvalue weighted by atomic mass is 9.97. The van der Waals surface area contributed by atoms with Crippen molar-refractivity contribution < 1.29 is 9.53 Å². The summed E-state index contributed by atoms with van der Waals surface area (Å²) in [6, 6.07) is 14.1. The van der Waals surface area contributed by atoms with Gasteiger partial charge < -0.3 is 14.2 Å². The van der Waals surface area contributed by atoms with Gasteiger partial charge in [0.25, 0.3) is 0 Å². The number of benzene rings is 2. The second-order valence-electron chi connectivity index (χ2n) is 7.18. The number of carbonyl (C=O) groups excluding carboxylic acids is 1. The number of ether oxygens (including phenoxy) is 1. The largest absolute Gasteiger partial charge is 0.466 e. The summed E-state index contributed by atoms with van der Waals surface area (Å²) in [6.07, 6.45) is 1.84. The quantitative estimate of drug-likeness (QED) is 0.600. The number of para-hydroxylation sites is 2. The van der Waals surface area contributed by atoms with E-state index < -0.39 is 0 Å². The fourth-order valence-corrected chi connectivity index (χ4v) is 4.13. The minimum atomic E-state index is -0.100. The van der Waals surface area contributed by atoms with Gasteiger partial charge in [0.05, 0.1) is 28.6 Å². The molecule has 0 amide bonds. The van der Waals surface area contributed by atoms with Crippen molar-refractivity contribution in [1.29, 1.82) is 0 Å². The number of aryl methyl sites for hydroxylation is 1. The number of anilines is 1. The molecular formula is C22H24ClN3O2. The summed E-state index contributed by atoms with van der Waals surface area (Å²) < 4.78 is 7.29. The summed E-state index contributed by atoms with van der Waals surface area (Å²) in [4.78, 5) is 19.2. The van der Waals surface area contributed by atoms with Crippen LogP contribution in [0.5, 0.6) is 0 Å². The van der Waals surface area contributed by atoms with Crippen LogP contribution in [0.25, 0.3) is 22.4 Å². The standard InChI is InChI=1S/C22H24ClN3O2/c1-3-28-22(27)15-7-6-12-26(14-15)16-10-11-18(23)17(13-16)21-24-19-8-4-5-9-20(19)25(21)2/h4-5,8-11,13,15H,3,6-7,12,14H2,1-2H3/t15-/m1/s1. The van der Waals surface area contributed by atoms with Crippen LogP contribution in [0.3, 0.4) is 0 Å². The number of nitrogens with zero attached hydrogens (tertiary/aromatic N) is 3. The van der Waals surface area contributed by atoms with E-state index in [0.717, 1.165) is 47.5 Å². The summed E-state index contributed by atoms with van der Waals surface area (Å²) in [5, 5.41) is 0.668. The third-order valence-electron chi connectivity index (χ3n) is 5.38. The number of esters is 1. The van der Waals surface area contributed by atoms with Crippen molar-refractivity contribution in [3.63, 3.8) is 0 Å². The van der Waals surface area contributed by atoms with Gasteiger partial charge >= 0.3 is 5.97 Å². The molecule has 1 aliphatic rings. The van der Waals surface area contributed by atoms with Crippen LogP contribution < -0.4 is 4.90 Å². The number of hydrogen-bond donors (Lipinski definition) is 0. The summed E-state index contributed by atoms with van der Waals surface area (Å²) in [5.74, 6) is 0.660. The van der Waals surface area contributed by atoms with Crippen LogP contribution >= 0.6 is 11.6 Å². The predicted molar refractivity (Wildman–Crippen MR) is 113 cm³/mol. The molecule has 0 unspecified atom stereocenters. The average Bonchev–Trinajstić information content (AvgIpc) is 3.05. The monoisotopic (exact) mass is 397 g/mol. The van der Waals surface area contributed by atoms with E-state index in [9.17, 15) is 4.79 Å². The van der Waals surface area contributed by atoms with E-state index in [2.05, 4.69) is 21.6 Å². The minimum Gasteiger partial charge on any atom is -0.466 e. The highest BCUT2D eigenvalue weighted by Crippen LogP contribution is 2.34. The van der Waals surface area contributed by atoms with Crippen molar-refractivity contribution in [1.82, 2.24) is 9.55 Å². The first kappa shape index (κ1) is 18.8. The fraction of sp³-hybridized carbons (Fsp3) is 0.364. The van der Waals surface area contributed by atoms with Crippen molar-refractivity contribution in [3.05, 3.63) is 47.5 Å². The van der Waals surface area contributed by atoms with Crippen molar-refractivity contribution in [2.24, 2.45) is 13.0 Å². The Labute approximate surface area is 169 Å². The highest BCUT2D eigenvalue weighted by molar-refractivity contribution is 6.33. The lowest BCUT2D eigenvalue weighted by Gasteiger charge is -2.33. The molecule has 0 saturated carbocycles. The third kappa shape index (κ3) is 3.47. The summed E-state index contributed by atoms with van der Waals surface area (Å²) in [5.41, 5.74) is 3.97. The number of hydrogen-bond acceptors (Lipinski definition) is 4. The summed E-state index contributed by atoms with van der Waals surface area (Å²) in [6.45, 7) is 3.86. The molecule has 1 fully saturated rings. The highest BCUT2D eigenvalue weighted by Gasteiger charge is 2.27. The van der Waals surface area contributed by atoms with Gasteiger partial charge in [-0.1, -0.05) is 23.7 Å². The molecule has 28 heavy (non-hydrogen) atoms. The van der Waals surface area contributed by atoms with E-state index in [1.165, 1.54) is 0 Å². The SMILES string of the molecule is CCOC(=O)[C@@H]1CCCN(c2ccc(Cl)c(-c3nc4ccccc4n3C)c2)C1. The number of halogens is 1. The molecule has 2 heterocycles. The molecule has 3 aromatic rings. The number of rotatable bonds is 4. The maximum atomic E-state index is 12.2. The number of piperidine rings is 1. The van der Waals surface area contributed by atoms with E-state index in [0.29, 0.717) is 18.2 Å². The molecular weight excluding hydrogens is 374 g/mol. The van der Waals surface area contributed by atoms with Gasteiger partial charge in [0.1, 0.15) is 5.82 Å². The molecule has 146 valence electrons. The van der Waals surface area contributed by atoms with Crippen molar-refractivity contribution in [2.45, 2.75) is 19.8 Å². The Bertz CT molecular complexity index is 1010. The normalized spacial score (nSPS) is 17.1. The van der Waals surface area contributed by atoms with Gasteiger partial charge in [0, 0.05) is 31.4 Å².